The molecule has 4 nitrogen and oxygen atoms in total. The Labute approximate surface area is 156 Å². The Hall–Kier alpha value is -2.90. The van der Waals surface area contributed by atoms with Crippen molar-refractivity contribution >= 4 is 39.7 Å². The average molecular weight is 362 g/mol. The number of anilines is 1. The van der Waals surface area contributed by atoms with Crippen molar-refractivity contribution in [2.45, 2.75) is 12.8 Å². The van der Waals surface area contributed by atoms with Crippen LogP contribution >= 0.6 is 11.6 Å². The number of halogens is 1. The summed E-state index contributed by atoms with van der Waals surface area (Å²) < 4.78 is 0. The van der Waals surface area contributed by atoms with Crippen LogP contribution in [-0.4, -0.2) is 23.9 Å². The molecule has 128 valence electrons. The second-order valence-electron chi connectivity index (χ2n) is 6.34. The summed E-state index contributed by atoms with van der Waals surface area (Å²) in [4.78, 5) is 21.7. The van der Waals surface area contributed by atoms with Gasteiger partial charge in [-0.15, -0.1) is 0 Å². The van der Waals surface area contributed by atoms with E-state index in [-0.39, 0.29) is 0 Å². The smallest absolute Gasteiger partial charge is 0.187 e. The molecule has 0 radical (unpaired) electrons. The number of ketones is 1. The van der Waals surface area contributed by atoms with Crippen LogP contribution in [0.1, 0.15) is 12.8 Å². The van der Waals surface area contributed by atoms with Crippen molar-refractivity contribution in [2.75, 3.05) is 18.0 Å². The van der Waals surface area contributed by atoms with Crippen molar-refractivity contribution in [1.29, 1.82) is 0 Å². The number of nitrogens with zero attached hydrogens (tertiary/aromatic N) is 3. The Bertz CT molecular complexity index is 1030. The minimum absolute atomic E-state index is 0.302. The number of aromatic nitrogens is 1. The molecule has 4 rings (SSSR count). The van der Waals surface area contributed by atoms with Crippen molar-refractivity contribution in [3.63, 3.8) is 0 Å². The number of benzene rings is 2. The van der Waals surface area contributed by atoms with E-state index >= 15 is 0 Å². The van der Waals surface area contributed by atoms with Crippen molar-refractivity contribution in [3.05, 3.63) is 65.1 Å². The molecule has 1 fully saturated rings. The number of carbonyl (C=O) groups is 1. The zero-order valence-electron chi connectivity index (χ0n) is 14.1. The second kappa shape index (κ2) is 6.78. The van der Waals surface area contributed by atoms with Crippen molar-refractivity contribution in [2.24, 2.45) is 0 Å². The number of hydrogen-bond donors (Lipinski definition) is 0. The molecule has 0 saturated carbocycles. The number of rotatable bonds is 2. The normalized spacial score (nSPS) is 14.5. The quantitative estimate of drug-likeness (QED) is 0.583. The van der Waals surface area contributed by atoms with Gasteiger partial charge in [0.25, 0.3) is 0 Å². The SMILES string of the molecule is [C-]#[N+]c1ccc(-c2cccc3c(Cl)c(N4CCC(=O)CC4)cnc23)cc1. The fraction of sp³-hybridized carbons (Fsp3) is 0.190. The number of Topliss-reactive ketones (excluding diaryl/α,β-unsaturated/α-hetero) is 1. The molecule has 0 amide bonds. The van der Waals surface area contributed by atoms with Crippen molar-refractivity contribution < 1.29 is 4.79 Å². The third-order valence-electron chi connectivity index (χ3n) is 4.78. The molecule has 0 spiro atoms. The molecule has 0 unspecified atom stereocenters. The molecule has 26 heavy (non-hydrogen) atoms. The van der Waals surface area contributed by atoms with Gasteiger partial charge in [-0.1, -0.05) is 54.1 Å². The fourth-order valence-corrected chi connectivity index (χ4v) is 3.67. The van der Waals surface area contributed by atoms with Gasteiger partial charge in [-0.3, -0.25) is 9.78 Å². The second-order valence-corrected chi connectivity index (χ2v) is 6.72. The highest BCUT2D eigenvalue weighted by atomic mass is 35.5. The summed E-state index contributed by atoms with van der Waals surface area (Å²) in [6, 6.07) is 13.4. The van der Waals surface area contributed by atoms with Crippen LogP contribution in [0.4, 0.5) is 11.4 Å². The van der Waals surface area contributed by atoms with Gasteiger partial charge in [0.2, 0.25) is 0 Å². The van der Waals surface area contributed by atoms with Gasteiger partial charge in [0, 0.05) is 36.9 Å². The molecule has 1 aliphatic rings. The van der Waals surface area contributed by atoms with Crippen LogP contribution in [0.5, 0.6) is 0 Å². The lowest BCUT2D eigenvalue weighted by Gasteiger charge is -2.29. The van der Waals surface area contributed by atoms with Crippen LogP contribution in [0.2, 0.25) is 5.02 Å². The first kappa shape index (κ1) is 16.6. The van der Waals surface area contributed by atoms with Crippen LogP contribution < -0.4 is 4.90 Å². The lowest BCUT2D eigenvalue weighted by molar-refractivity contribution is -0.119. The van der Waals surface area contributed by atoms with Crippen LogP contribution in [-0.2, 0) is 4.79 Å². The fourth-order valence-electron chi connectivity index (χ4n) is 3.35. The largest absolute Gasteiger partial charge is 0.368 e. The third-order valence-corrected chi connectivity index (χ3v) is 5.18. The summed E-state index contributed by atoms with van der Waals surface area (Å²) in [5.74, 6) is 0.302. The number of para-hydroxylation sites is 1. The standard InChI is InChI=1S/C21H16ClN3O/c1-23-15-7-5-14(6-8-15)17-3-2-4-18-20(22)19(13-24-21(17)18)25-11-9-16(26)10-12-25/h2-8,13H,9-12H2. The highest BCUT2D eigenvalue weighted by molar-refractivity contribution is 6.38. The molecule has 5 heteroatoms. The van der Waals surface area contributed by atoms with E-state index in [0.717, 1.165) is 27.7 Å². The first-order valence-electron chi connectivity index (χ1n) is 8.49. The zero-order valence-corrected chi connectivity index (χ0v) is 14.8. The minimum atomic E-state index is 0.302. The van der Waals surface area contributed by atoms with Crippen LogP contribution in [0.25, 0.3) is 26.9 Å². The number of carbonyl (C=O) groups excluding carboxylic acids is 1. The summed E-state index contributed by atoms with van der Waals surface area (Å²) in [7, 11) is 0. The van der Waals surface area contributed by atoms with E-state index in [4.69, 9.17) is 18.2 Å². The first-order chi connectivity index (χ1) is 12.7. The molecule has 3 aromatic rings. The molecule has 2 aromatic carbocycles. The monoisotopic (exact) mass is 361 g/mol. The Morgan fingerprint density at radius 1 is 1.08 bits per heavy atom. The molecular formula is C21H16ClN3O. The van der Waals surface area contributed by atoms with Crippen LogP contribution in [0.3, 0.4) is 0 Å². The number of pyridine rings is 1. The van der Waals surface area contributed by atoms with Crippen LogP contribution in [0.15, 0.2) is 48.7 Å². The van der Waals surface area contributed by atoms with E-state index in [0.29, 0.717) is 42.4 Å². The Kier molecular flexibility index (Phi) is 4.32. The van der Waals surface area contributed by atoms with E-state index in [1.165, 1.54) is 0 Å². The molecule has 1 aliphatic heterocycles. The zero-order chi connectivity index (χ0) is 18.1. The van der Waals surface area contributed by atoms with E-state index < -0.39 is 0 Å². The highest BCUT2D eigenvalue weighted by Gasteiger charge is 2.20. The maximum absolute atomic E-state index is 11.5. The summed E-state index contributed by atoms with van der Waals surface area (Å²) in [5, 5.41) is 1.57. The Morgan fingerprint density at radius 2 is 1.81 bits per heavy atom. The molecular weight excluding hydrogens is 346 g/mol. The van der Waals surface area contributed by atoms with Crippen molar-refractivity contribution in [3.8, 4) is 11.1 Å². The molecule has 1 saturated heterocycles. The lowest BCUT2D eigenvalue weighted by Crippen LogP contribution is -2.34. The topological polar surface area (TPSA) is 37.6 Å². The van der Waals surface area contributed by atoms with Gasteiger partial charge in [-0.25, -0.2) is 4.85 Å². The maximum atomic E-state index is 11.5. The molecule has 1 aromatic heterocycles. The van der Waals surface area contributed by atoms with E-state index in [1.54, 1.807) is 6.20 Å². The first-order valence-corrected chi connectivity index (χ1v) is 8.87. The van der Waals surface area contributed by atoms with Gasteiger partial charge in [0.15, 0.2) is 5.69 Å². The van der Waals surface area contributed by atoms with Gasteiger partial charge >= 0.3 is 0 Å². The van der Waals surface area contributed by atoms with E-state index in [1.807, 2.05) is 42.5 Å². The predicted molar refractivity (Wildman–Crippen MR) is 105 cm³/mol. The summed E-state index contributed by atoms with van der Waals surface area (Å²) >= 11 is 6.71. The number of hydrogen-bond acceptors (Lipinski definition) is 3. The van der Waals surface area contributed by atoms with Gasteiger partial charge in [0.1, 0.15) is 5.78 Å². The Morgan fingerprint density at radius 3 is 2.50 bits per heavy atom. The van der Waals surface area contributed by atoms with Gasteiger partial charge < -0.3 is 4.90 Å². The Balaban J connectivity index is 1.79. The molecule has 0 N–H and O–H groups in total. The van der Waals surface area contributed by atoms with E-state index in [2.05, 4.69) is 14.7 Å². The predicted octanol–water partition coefficient (Wildman–Crippen LogP) is 5.28. The van der Waals surface area contributed by atoms with E-state index in [9.17, 15) is 4.79 Å². The third kappa shape index (κ3) is 2.91. The maximum Gasteiger partial charge on any atom is 0.187 e. The van der Waals surface area contributed by atoms with Gasteiger partial charge in [-0.05, 0) is 5.56 Å². The minimum Gasteiger partial charge on any atom is -0.368 e. The summed E-state index contributed by atoms with van der Waals surface area (Å²) in [6.45, 7) is 8.45. The lowest BCUT2D eigenvalue weighted by atomic mass is 10.0. The molecule has 0 bridgehead atoms. The van der Waals surface area contributed by atoms with Crippen molar-refractivity contribution in [1.82, 2.24) is 4.98 Å². The summed E-state index contributed by atoms with van der Waals surface area (Å²) in [6.07, 6.45) is 2.92. The highest BCUT2D eigenvalue weighted by Crippen LogP contribution is 2.37. The molecule has 2 heterocycles. The van der Waals surface area contributed by atoms with Gasteiger partial charge in [-0.2, -0.15) is 0 Å². The summed E-state index contributed by atoms with van der Waals surface area (Å²) in [5.41, 5.74) is 4.32. The number of fused-ring (bicyclic) bond motifs is 1. The average Bonchev–Trinajstić information content (AvgIpc) is 2.69. The number of piperidine rings is 1. The molecule has 0 atom stereocenters. The van der Waals surface area contributed by atoms with Gasteiger partial charge in [0.05, 0.1) is 29.0 Å². The molecule has 0 aliphatic carbocycles. The van der Waals surface area contributed by atoms with Crippen LogP contribution in [0, 0.1) is 6.57 Å².